The average Bonchev–Trinajstić information content (AvgIpc) is 2.17. The summed E-state index contributed by atoms with van der Waals surface area (Å²) in [6, 6.07) is 0. The quantitative estimate of drug-likeness (QED) is 0.625. The molecule has 2 heteroatoms. The molecule has 1 atom stereocenters. The van der Waals surface area contributed by atoms with Crippen molar-refractivity contribution in [3.8, 4) is 0 Å². The minimum Gasteiger partial charge on any atom is -0.353 e. The first kappa shape index (κ1) is 10.7. The molecule has 1 aliphatic heterocycles. The van der Waals surface area contributed by atoms with E-state index in [0.717, 1.165) is 26.1 Å². The SMILES string of the molecule is CC/C=C(\C)COC1CCCCO1. The fourth-order valence-corrected chi connectivity index (χ4v) is 1.47. The smallest absolute Gasteiger partial charge is 0.158 e. The third kappa shape index (κ3) is 4.44. The van der Waals surface area contributed by atoms with Crippen LogP contribution in [-0.2, 0) is 9.47 Å². The Labute approximate surface area is 80.9 Å². The van der Waals surface area contributed by atoms with Gasteiger partial charge in [-0.05, 0) is 32.6 Å². The Morgan fingerprint density at radius 2 is 2.38 bits per heavy atom. The van der Waals surface area contributed by atoms with E-state index in [1.807, 2.05) is 0 Å². The molecule has 1 rings (SSSR count). The molecule has 0 amide bonds. The van der Waals surface area contributed by atoms with Gasteiger partial charge in [0.1, 0.15) is 0 Å². The number of rotatable bonds is 4. The van der Waals surface area contributed by atoms with Gasteiger partial charge >= 0.3 is 0 Å². The van der Waals surface area contributed by atoms with E-state index in [0.29, 0.717) is 0 Å². The van der Waals surface area contributed by atoms with Crippen molar-refractivity contribution in [3.05, 3.63) is 11.6 Å². The molecule has 2 nitrogen and oxygen atoms in total. The van der Waals surface area contributed by atoms with Crippen LogP contribution in [0, 0.1) is 0 Å². The summed E-state index contributed by atoms with van der Waals surface area (Å²) >= 11 is 0. The van der Waals surface area contributed by atoms with Crippen LogP contribution in [-0.4, -0.2) is 19.5 Å². The summed E-state index contributed by atoms with van der Waals surface area (Å²) < 4.78 is 11.1. The maximum atomic E-state index is 5.61. The van der Waals surface area contributed by atoms with Gasteiger partial charge in [0.2, 0.25) is 0 Å². The van der Waals surface area contributed by atoms with E-state index in [-0.39, 0.29) is 6.29 Å². The molecule has 0 bridgehead atoms. The highest BCUT2D eigenvalue weighted by Gasteiger charge is 2.13. The lowest BCUT2D eigenvalue weighted by Crippen LogP contribution is -2.22. The van der Waals surface area contributed by atoms with Crippen LogP contribution in [0.2, 0.25) is 0 Å². The van der Waals surface area contributed by atoms with Gasteiger partial charge in [-0.25, -0.2) is 0 Å². The number of hydrogen-bond donors (Lipinski definition) is 0. The molecule has 0 saturated carbocycles. The topological polar surface area (TPSA) is 18.5 Å². The van der Waals surface area contributed by atoms with Crippen molar-refractivity contribution in [2.24, 2.45) is 0 Å². The molecule has 1 unspecified atom stereocenters. The molecule has 0 aliphatic carbocycles. The molecule has 1 aliphatic rings. The van der Waals surface area contributed by atoms with Gasteiger partial charge in [0.05, 0.1) is 6.61 Å². The summed E-state index contributed by atoms with van der Waals surface area (Å²) in [6.07, 6.45) is 6.81. The molecular formula is C11H20O2. The number of hydrogen-bond acceptors (Lipinski definition) is 2. The van der Waals surface area contributed by atoms with Crippen LogP contribution < -0.4 is 0 Å². The second-order valence-corrected chi connectivity index (χ2v) is 3.57. The molecule has 0 aromatic carbocycles. The van der Waals surface area contributed by atoms with Crippen LogP contribution in [0.1, 0.15) is 39.5 Å². The van der Waals surface area contributed by atoms with Gasteiger partial charge in [0.25, 0.3) is 0 Å². The first-order valence-electron chi connectivity index (χ1n) is 5.21. The van der Waals surface area contributed by atoms with E-state index >= 15 is 0 Å². The van der Waals surface area contributed by atoms with Gasteiger partial charge in [-0.3, -0.25) is 0 Å². The average molecular weight is 184 g/mol. The summed E-state index contributed by atoms with van der Waals surface area (Å²) in [6.45, 7) is 5.83. The Kier molecular flexibility index (Phi) is 5.09. The second kappa shape index (κ2) is 6.17. The predicted octanol–water partition coefficient (Wildman–Crippen LogP) is 2.89. The monoisotopic (exact) mass is 184 g/mol. The fourth-order valence-electron chi connectivity index (χ4n) is 1.47. The van der Waals surface area contributed by atoms with Gasteiger partial charge in [0, 0.05) is 6.61 Å². The molecule has 0 spiro atoms. The van der Waals surface area contributed by atoms with Gasteiger partial charge in [0.15, 0.2) is 6.29 Å². The summed E-state index contributed by atoms with van der Waals surface area (Å²) in [5, 5.41) is 0. The van der Waals surface area contributed by atoms with Crippen molar-refractivity contribution >= 4 is 0 Å². The highest BCUT2D eigenvalue weighted by atomic mass is 16.7. The zero-order valence-corrected chi connectivity index (χ0v) is 8.71. The molecule has 0 N–H and O–H groups in total. The molecule has 1 fully saturated rings. The van der Waals surface area contributed by atoms with Crippen LogP contribution in [0.25, 0.3) is 0 Å². The van der Waals surface area contributed by atoms with Gasteiger partial charge < -0.3 is 9.47 Å². The van der Waals surface area contributed by atoms with Crippen molar-refractivity contribution in [2.75, 3.05) is 13.2 Å². The standard InChI is InChI=1S/C11H20O2/c1-3-6-10(2)9-13-11-7-4-5-8-12-11/h6,11H,3-5,7-9H2,1-2H3/b10-6+. The summed E-state index contributed by atoms with van der Waals surface area (Å²) in [7, 11) is 0. The third-order valence-electron chi connectivity index (χ3n) is 2.19. The zero-order valence-electron chi connectivity index (χ0n) is 8.71. The van der Waals surface area contributed by atoms with Crippen LogP contribution in [0.5, 0.6) is 0 Å². The van der Waals surface area contributed by atoms with Crippen LogP contribution in [0.3, 0.4) is 0 Å². The Morgan fingerprint density at radius 1 is 1.54 bits per heavy atom. The van der Waals surface area contributed by atoms with E-state index in [9.17, 15) is 0 Å². The van der Waals surface area contributed by atoms with Crippen LogP contribution >= 0.6 is 0 Å². The van der Waals surface area contributed by atoms with Crippen LogP contribution in [0.4, 0.5) is 0 Å². The van der Waals surface area contributed by atoms with Crippen molar-refractivity contribution in [1.29, 1.82) is 0 Å². The Balaban J connectivity index is 2.13. The fraction of sp³-hybridized carbons (Fsp3) is 0.818. The molecule has 0 aromatic heterocycles. The van der Waals surface area contributed by atoms with E-state index in [1.165, 1.54) is 18.4 Å². The van der Waals surface area contributed by atoms with Crippen molar-refractivity contribution in [2.45, 2.75) is 45.8 Å². The van der Waals surface area contributed by atoms with Gasteiger partial charge in [-0.2, -0.15) is 0 Å². The minimum atomic E-state index is 0.0500. The number of ether oxygens (including phenoxy) is 2. The summed E-state index contributed by atoms with van der Waals surface area (Å²) in [5.41, 5.74) is 1.30. The second-order valence-electron chi connectivity index (χ2n) is 3.57. The van der Waals surface area contributed by atoms with Crippen LogP contribution in [0.15, 0.2) is 11.6 Å². The van der Waals surface area contributed by atoms with Gasteiger partial charge in [-0.15, -0.1) is 0 Å². The Hall–Kier alpha value is -0.340. The van der Waals surface area contributed by atoms with Crippen molar-refractivity contribution in [1.82, 2.24) is 0 Å². The molecule has 13 heavy (non-hydrogen) atoms. The lowest BCUT2D eigenvalue weighted by molar-refractivity contribution is -0.156. The largest absolute Gasteiger partial charge is 0.353 e. The maximum absolute atomic E-state index is 5.61. The molecule has 0 aromatic rings. The van der Waals surface area contributed by atoms with Crippen molar-refractivity contribution in [3.63, 3.8) is 0 Å². The first-order valence-corrected chi connectivity index (χ1v) is 5.21. The zero-order chi connectivity index (χ0) is 9.52. The lowest BCUT2D eigenvalue weighted by Gasteiger charge is -2.22. The molecule has 1 saturated heterocycles. The first-order chi connectivity index (χ1) is 6.33. The van der Waals surface area contributed by atoms with E-state index in [1.54, 1.807) is 0 Å². The van der Waals surface area contributed by atoms with Crippen molar-refractivity contribution < 1.29 is 9.47 Å². The minimum absolute atomic E-state index is 0.0500. The molecule has 1 heterocycles. The Morgan fingerprint density at radius 3 is 3.00 bits per heavy atom. The molecule has 76 valence electrons. The summed E-state index contributed by atoms with van der Waals surface area (Å²) in [4.78, 5) is 0. The van der Waals surface area contributed by atoms with E-state index in [4.69, 9.17) is 9.47 Å². The molecule has 0 radical (unpaired) electrons. The third-order valence-corrected chi connectivity index (χ3v) is 2.19. The molecular weight excluding hydrogens is 164 g/mol. The number of allylic oxidation sites excluding steroid dienone is 1. The van der Waals surface area contributed by atoms with E-state index in [2.05, 4.69) is 19.9 Å². The highest BCUT2D eigenvalue weighted by Crippen LogP contribution is 2.14. The highest BCUT2D eigenvalue weighted by molar-refractivity contribution is 4.97. The predicted molar refractivity (Wildman–Crippen MR) is 53.6 cm³/mol. The van der Waals surface area contributed by atoms with E-state index < -0.39 is 0 Å². The Bertz CT molecular complexity index is 157. The maximum Gasteiger partial charge on any atom is 0.158 e. The summed E-state index contributed by atoms with van der Waals surface area (Å²) in [5.74, 6) is 0. The lowest BCUT2D eigenvalue weighted by atomic mass is 10.2. The van der Waals surface area contributed by atoms with Gasteiger partial charge in [-0.1, -0.05) is 18.6 Å². The normalized spacial score (nSPS) is 24.8.